The van der Waals surface area contributed by atoms with Crippen LogP contribution < -0.4 is 5.73 Å². The molecule has 0 atom stereocenters. The van der Waals surface area contributed by atoms with Crippen LogP contribution in [0.4, 0.5) is 4.39 Å². The number of halogens is 3. The zero-order chi connectivity index (χ0) is 8.97. The maximum Gasteiger partial charge on any atom is 0.0917 e. The van der Waals surface area contributed by atoms with Gasteiger partial charge in [0, 0.05) is 17.1 Å². The van der Waals surface area contributed by atoms with Crippen molar-refractivity contribution in [1.82, 2.24) is 0 Å². The van der Waals surface area contributed by atoms with E-state index < -0.39 is 0 Å². The van der Waals surface area contributed by atoms with Gasteiger partial charge in [0.25, 0.3) is 0 Å². The first-order valence-electron chi connectivity index (χ1n) is 3.53. The Bertz CT molecular complexity index is 282. The molecule has 0 aromatic heterocycles. The normalized spacial score (nSPS) is 10.8. The number of rotatable bonds is 2. The van der Waals surface area contributed by atoms with Gasteiger partial charge in [-0.1, -0.05) is 23.7 Å². The Morgan fingerprint density at radius 1 is 1.38 bits per heavy atom. The van der Waals surface area contributed by atoms with E-state index in [-0.39, 0.29) is 19.0 Å². The number of hydrogen-bond donors (Lipinski definition) is 1. The third-order valence-electron chi connectivity index (χ3n) is 1.57. The highest BCUT2D eigenvalue weighted by molar-refractivity contribution is 6.30. The van der Waals surface area contributed by atoms with E-state index in [4.69, 9.17) is 17.3 Å². The molecule has 0 spiro atoms. The molecule has 0 radical (unpaired) electrons. The maximum atomic E-state index is 12.2. The molecule has 13 heavy (non-hydrogen) atoms. The molecule has 0 saturated carbocycles. The van der Waals surface area contributed by atoms with Crippen LogP contribution in [-0.4, -0.2) is 6.54 Å². The van der Waals surface area contributed by atoms with Gasteiger partial charge in [0.2, 0.25) is 0 Å². The van der Waals surface area contributed by atoms with Crippen LogP contribution in [0, 0.1) is 0 Å². The van der Waals surface area contributed by atoms with Gasteiger partial charge in [-0.3, -0.25) is 0 Å². The maximum absolute atomic E-state index is 12.2. The summed E-state index contributed by atoms with van der Waals surface area (Å²) in [6, 6.07) is 6.88. The van der Waals surface area contributed by atoms with Crippen LogP contribution >= 0.6 is 24.0 Å². The van der Waals surface area contributed by atoms with Crippen LogP contribution in [0.5, 0.6) is 0 Å². The summed E-state index contributed by atoms with van der Waals surface area (Å²) in [5, 5.41) is 0.633. The molecule has 0 saturated heterocycles. The molecule has 0 aliphatic rings. The monoisotopic (exact) mass is 221 g/mol. The van der Waals surface area contributed by atoms with Crippen molar-refractivity contribution >= 4 is 29.6 Å². The first-order valence-corrected chi connectivity index (χ1v) is 3.91. The second-order valence-corrected chi connectivity index (χ2v) is 2.78. The molecule has 0 amide bonds. The minimum Gasteiger partial charge on any atom is -0.326 e. The van der Waals surface area contributed by atoms with Gasteiger partial charge in [0.15, 0.2) is 0 Å². The van der Waals surface area contributed by atoms with Crippen LogP contribution in [0.25, 0.3) is 5.57 Å². The van der Waals surface area contributed by atoms with Crippen LogP contribution in [0.3, 0.4) is 0 Å². The molecular formula is C9H10Cl2FN. The first kappa shape index (κ1) is 12.4. The first-order chi connectivity index (χ1) is 5.77. The predicted molar refractivity (Wildman–Crippen MR) is 56.8 cm³/mol. The number of benzene rings is 1. The average molecular weight is 222 g/mol. The summed E-state index contributed by atoms with van der Waals surface area (Å²) in [6.07, 6.45) is 0.517. The Morgan fingerprint density at radius 3 is 2.31 bits per heavy atom. The highest BCUT2D eigenvalue weighted by Crippen LogP contribution is 2.16. The van der Waals surface area contributed by atoms with E-state index in [2.05, 4.69) is 0 Å². The Hall–Kier alpha value is -0.570. The molecule has 0 unspecified atom stereocenters. The van der Waals surface area contributed by atoms with E-state index in [0.717, 1.165) is 5.56 Å². The Morgan fingerprint density at radius 2 is 1.92 bits per heavy atom. The Labute approximate surface area is 87.8 Å². The second kappa shape index (κ2) is 5.97. The summed E-state index contributed by atoms with van der Waals surface area (Å²) in [5.74, 6) is 0. The quantitative estimate of drug-likeness (QED) is 0.817. The van der Waals surface area contributed by atoms with Gasteiger partial charge < -0.3 is 5.73 Å². The molecule has 0 heterocycles. The molecule has 0 bridgehead atoms. The third kappa shape index (κ3) is 3.35. The van der Waals surface area contributed by atoms with Gasteiger partial charge in [-0.25, -0.2) is 4.39 Å². The van der Waals surface area contributed by atoms with Crippen LogP contribution in [0.15, 0.2) is 30.6 Å². The third-order valence-corrected chi connectivity index (χ3v) is 1.82. The number of hydrogen-bond acceptors (Lipinski definition) is 1. The van der Waals surface area contributed by atoms with E-state index in [1.165, 1.54) is 0 Å². The van der Waals surface area contributed by atoms with Crippen molar-refractivity contribution in [2.45, 2.75) is 0 Å². The van der Waals surface area contributed by atoms with Crippen LogP contribution in [-0.2, 0) is 0 Å². The standard InChI is InChI=1S/C9H9ClFN.ClH/c10-9-3-1-7(2-4-9)8(5-11)6-12;/h1-5H,6,12H2;1H/b8-5-;. The van der Waals surface area contributed by atoms with Crippen molar-refractivity contribution in [1.29, 1.82) is 0 Å². The molecule has 1 rings (SSSR count). The molecule has 1 aromatic carbocycles. The second-order valence-electron chi connectivity index (χ2n) is 2.35. The largest absolute Gasteiger partial charge is 0.326 e. The summed E-state index contributed by atoms with van der Waals surface area (Å²) in [4.78, 5) is 0. The van der Waals surface area contributed by atoms with Gasteiger partial charge in [0.05, 0.1) is 6.33 Å². The summed E-state index contributed by atoms with van der Waals surface area (Å²) in [6.45, 7) is 0.193. The topological polar surface area (TPSA) is 26.0 Å². The fourth-order valence-electron chi connectivity index (χ4n) is 0.889. The van der Waals surface area contributed by atoms with Crippen molar-refractivity contribution in [3.8, 4) is 0 Å². The van der Waals surface area contributed by atoms with E-state index >= 15 is 0 Å². The molecule has 72 valence electrons. The van der Waals surface area contributed by atoms with Crippen LogP contribution in [0.1, 0.15) is 5.56 Å². The Balaban J connectivity index is 0.00000144. The molecule has 2 N–H and O–H groups in total. The molecule has 0 fully saturated rings. The van der Waals surface area contributed by atoms with Crippen molar-refractivity contribution in [2.75, 3.05) is 6.54 Å². The number of nitrogens with two attached hydrogens (primary N) is 1. The van der Waals surface area contributed by atoms with Gasteiger partial charge >= 0.3 is 0 Å². The van der Waals surface area contributed by atoms with Crippen molar-refractivity contribution in [2.24, 2.45) is 5.73 Å². The fourth-order valence-corrected chi connectivity index (χ4v) is 1.02. The van der Waals surface area contributed by atoms with Crippen molar-refractivity contribution in [3.63, 3.8) is 0 Å². The highest BCUT2D eigenvalue weighted by atomic mass is 35.5. The Kier molecular flexibility index (Phi) is 5.71. The molecule has 1 nitrogen and oxygen atoms in total. The molecule has 4 heteroatoms. The molecule has 0 aliphatic carbocycles. The smallest absolute Gasteiger partial charge is 0.0917 e. The van der Waals surface area contributed by atoms with Crippen LogP contribution in [0.2, 0.25) is 5.02 Å². The molecular weight excluding hydrogens is 212 g/mol. The fraction of sp³-hybridized carbons (Fsp3) is 0.111. The average Bonchev–Trinajstić information content (AvgIpc) is 2.10. The summed E-state index contributed by atoms with van der Waals surface area (Å²) in [7, 11) is 0. The van der Waals surface area contributed by atoms with E-state index in [9.17, 15) is 4.39 Å². The highest BCUT2D eigenvalue weighted by Gasteiger charge is 1.98. The lowest BCUT2D eigenvalue weighted by atomic mass is 10.1. The zero-order valence-electron chi connectivity index (χ0n) is 6.84. The predicted octanol–water partition coefficient (Wildman–Crippen LogP) is 3.03. The van der Waals surface area contributed by atoms with E-state index in [0.29, 0.717) is 16.9 Å². The lowest BCUT2D eigenvalue weighted by Crippen LogP contribution is -2.01. The SMILES string of the molecule is Cl.NC/C(=C/F)c1ccc(Cl)cc1. The van der Waals surface area contributed by atoms with E-state index in [1.807, 2.05) is 0 Å². The summed E-state index contributed by atoms with van der Waals surface area (Å²) in [5.41, 5.74) is 6.56. The van der Waals surface area contributed by atoms with Gasteiger partial charge in [-0.05, 0) is 17.7 Å². The summed E-state index contributed by atoms with van der Waals surface area (Å²) < 4.78 is 12.2. The lowest BCUT2D eigenvalue weighted by Gasteiger charge is -2.01. The van der Waals surface area contributed by atoms with Gasteiger partial charge in [-0.2, -0.15) is 0 Å². The molecule has 1 aromatic rings. The molecule has 0 aliphatic heterocycles. The van der Waals surface area contributed by atoms with E-state index in [1.54, 1.807) is 24.3 Å². The minimum atomic E-state index is 0. The lowest BCUT2D eigenvalue weighted by molar-refractivity contribution is 0.721. The van der Waals surface area contributed by atoms with Crippen molar-refractivity contribution < 1.29 is 4.39 Å². The summed E-state index contributed by atoms with van der Waals surface area (Å²) >= 11 is 5.66. The zero-order valence-corrected chi connectivity index (χ0v) is 8.41. The van der Waals surface area contributed by atoms with Gasteiger partial charge in [-0.15, -0.1) is 12.4 Å². The van der Waals surface area contributed by atoms with Gasteiger partial charge in [0.1, 0.15) is 0 Å². The van der Waals surface area contributed by atoms with Crippen molar-refractivity contribution in [3.05, 3.63) is 41.2 Å². The minimum absolute atomic E-state index is 0.